The minimum Gasteiger partial charge on any atom is -0.462 e. The molecule has 86 valence electrons. The van der Waals surface area contributed by atoms with Crippen LogP contribution in [0.2, 0.25) is 0 Å². The van der Waals surface area contributed by atoms with E-state index < -0.39 is 11.6 Å². The minimum atomic E-state index is -0.589. The zero-order chi connectivity index (χ0) is 11.3. The van der Waals surface area contributed by atoms with Gasteiger partial charge in [-0.15, -0.1) is 0 Å². The summed E-state index contributed by atoms with van der Waals surface area (Å²) in [5.41, 5.74) is -0.589. The second kappa shape index (κ2) is 3.09. The fourth-order valence-electron chi connectivity index (χ4n) is 3.64. The molecule has 0 aromatic heterocycles. The molecule has 2 bridgehead atoms. The van der Waals surface area contributed by atoms with Crippen molar-refractivity contribution in [1.29, 1.82) is 0 Å². The van der Waals surface area contributed by atoms with E-state index >= 15 is 0 Å². The highest BCUT2D eigenvalue weighted by atomic mass is 16.6. The highest BCUT2D eigenvalue weighted by Crippen LogP contribution is 2.57. The Morgan fingerprint density at radius 2 is 2.38 bits per heavy atom. The molecular formula is C12H14O4. The monoisotopic (exact) mass is 222 g/mol. The Balaban J connectivity index is 1.89. The molecule has 0 N–H and O–H groups in total. The van der Waals surface area contributed by atoms with Crippen LogP contribution >= 0.6 is 0 Å². The van der Waals surface area contributed by atoms with Gasteiger partial charge in [0.05, 0.1) is 6.42 Å². The van der Waals surface area contributed by atoms with Crippen LogP contribution in [0.3, 0.4) is 0 Å². The molecule has 2 aliphatic carbocycles. The van der Waals surface area contributed by atoms with Crippen LogP contribution in [0.5, 0.6) is 0 Å². The highest BCUT2D eigenvalue weighted by molar-refractivity contribution is 5.82. The molecule has 4 heteroatoms. The number of ether oxygens (including phenoxy) is 2. The maximum atomic E-state index is 11.5. The van der Waals surface area contributed by atoms with Crippen molar-refractivity contribution in [3.8, 4) is 0 Å². The maximum Gasteiger partial charge on any atom is 0.330 e. The van der Waals surface area contributed by atoms with Crippen molar-refractivity contribution in [3.05, 3.63) is 12.7 Å². The molecule has 0 spiro atoms. The molecule has 3 aliphatic rings. The number of hydrogen-bond acceptors (Lipinski definition) is 4. The van der Waals surface area contributed by atoms with Crippen LogP contribution in [0, 0.1) is 11.8 Å². The molecule has 0 aromatic rings. The van der Waals surface area contributed by atoms with Gasteiger partial charge in [0.15, 0.2) is 0 Å². The zero-order valence-corrected chi connectivity index (χ0v) is 8.98. The SMILES string of the molecule is C=CC(=O)OC12CC(=O)OC3CC(CC31)C2. The van der Waals surface area contributed by atoms with Gasteiger partial charge >= 0.3 is 11.9 Å². The molecule has 4 nitrogen and oxygen atoms in total. The summed E-state index contributed by atoms with van der Waals surface area (Å²) in [6.07, 6.45) is 4.10. The Morgan fingerprint density at radius 1 is 1.56 bits per heavy atom. The first-order valence-corrected chi connectivity index (χ1v) is 5.68. The molecule has 0 radical (unpaired) electrons. The quantitative estimate of drug-likeness (QED) is 0.520. The lowest BCUT2D eigenvalue weighted by Gasteiger charge is -2.43. The Labute approximate surface area is 93.6 Å². The zero-order valence-electron chi connectivity index (χ0n) is 8.98. The van der Waals surface area contributed by atoms with E-state index in [-0.39, 0.29) is 24.4 Å². The standard InChI is InChI=1S/C12H14O4/c1-2-10(13)16-12-5-7-3-8(12)9(4-7)15-11(14)6-12/h2,7-9H,1,3-6H2. The lowest BCUT2D eigenvalue weighted by Crippen LogP contribution is -2.52. The minimum absolute atomic E-state index is 0.0300. The summed E-state index contributed by atoms with van der Waals surface area (Å²) in [6, 6.07) is 0. The van der Waals surface area contributed by atoms with Gasteiger partial charge < -0.3 is 9.47 Å². The summed E-state index contributed by atoms with van der Waals surface area (Å²) < 4.78 is 10.8. The first-order chi connectivity index (χ1) is 7.63. The van der Waals surface area contributed by atoms with Crippen LogP contribution in [0.15, 0.2) is 12.7 Å². The normalized spacial score (nSPS) is 44.0. The predicted molar refractivity (Wildman–Crippen MR) is 54.3 cm³/mol. The van der Waals surface area contributed by atoms with E-state index in [4.69, 9.17) is 9.47 Å². The first kappa shape index (κ1) is 9.87. The molecule has 3 rings (SSSR count). The van der Waals surface area contributed by atoms with Crippen molar-refractivity contribution in [3.63, 3.8) is 0 Å². The maximum absolute atomic E-state index is 11.5. The van der Waals surface area contributed by atoms with Gasteiger partial charge in [-0.1, -0.05) is 6.58 Å². The number of carbonyl (C=O) groups excluding carboxylic acids is 2. The van der Waals surface area contributed by atoms with Gasteiger partial charge in [-0.25, -0.2) is 4.79 Å². The van der Waals surface area contributed by atoms with Crippen molar-refractivity contribution >= 4 is 11.9 Å². The molecule has 0 amide bonds. The summed E-state index contributed by atoms with van der Waals surface area (Å²) in [7, 11) is 0. The lowest BCUT2D eigenvalue weighted by atomic mass is 9.78. The molecule has 16 heavy (non-hydrogen) atoms. The van der Waals surface area contributed by atoms with Crippen molar-refractivity contribution < 1.29 is 19.1 Å². The number of rotatable bonds is 2. The summed E-state index contributed by atoms with van der Waals surface area (Å²) in [5, 5.41) is 0. The fraction of sp³-hybridized carbons (Fsp3) is 0.667. The van der Waals surface area contributed by atoms with E-state index in [1.807, 2.05) is 0 Å². The van der Waals surface area contributed by atoms with Gasteiger partial charge in [0.1, 0.15) is 11.7 Å². The number of esters is 2. The topological polar surface area (TPSA) is 52.6 Å². The number of carbonyl (C=O) groups is 2. The molecule has 1 aliphatic heterocycles. The fourth-order valence-corrected chi connectivity index (χ4v) is 3.64. The van der Waals surface area contributed by atoms with Crippen molar-refractivity contribution in [1.82, 2.24) is 0 Å². The van der Waals surface area contributed by atoms with E-state index in [0.29, 0.717) is 5.92 Å². The van der Waals surface area contributed by atoms with Crippen LogP contribution in [0.25, 0.3) is 0 Å². The molecule has 4 unspecified atom stereocenters. The van der Waals surface area contributed by atoms with E-state index in [1.165, 1.54) is 0 Å². The second-order valence-electron chi connectivity index (χ2n) is 5.04. The Hall–Kier alpha value is -1.32. The molecule has 1 heterocycles. The van der Waals surface area contributed by atoms with Crippen LogP contribution in [0.1, 0.15) is 25.7 Å². The van der Waals surface area contributed by atoms with Gasteiger partial charge in [0.2, 0.25) is 0 Å². The smallest absolute Gasteiger partial charge is 0.330 e. The third kappa shape index (κ3) is 1.22. The second-order valence-corrected chi connectivity index (χ2v) is 5.04. The Kier molecular flexibility index (Phi) is 1.91. The molecule has 3 fully saturated rings. The predicted octanol–water partition coefficient (Wildman–Crippen LogP) is 1.20. The molecule has 2 saturated carbocycles. The third-order valence-electron chi connectivity index (χ3n) is 4.11. The Morgan fingerprint density at radius 3 is 3.06 bits per heavy atom. The van der Waals surface area contributed by atoms with E-state index in [0.717, 1.165) is 25.3 Å². The van der Waals surface area contributed by atoms with Gasteiger partial charge in [-0.05, 0) is 25.2 Å². The van der Waals surface area contributed by atoms with Crippen LogP contribution in [-0.4, -0.2) is 23.6 Å². The number of hydrogen-bond donors (Lipinski definition) is 0. The van der Waals surface area contributed by atoms with E-state index in [9.17, 15) is 9.59 Å². The summed E-state index contributed by atoms with van der Waals surface area (Å²) in [4.78, 5) is 22.8. The average molecular weight is 222 g/mol. The van der Waals surface area contributed by atoms with Crippen LogP contribution in [0.4, 0.5) is 0 Å². The van der Waals surface area contributed by atoms with Crippen molar-refractivity contribution in [2.24, 2.45) is 11.8 Å². The van der Waals surface area contributed by atoms with E-state index in [2.05, 4.69) is 6.58 Å². The summed E-state index contributed by atoms with van der Waals surface area (Å²) in [6.45, 7) is 3.40. The van der Waals surface area contributed by atoms with Gasteiger partial charge in [-0.3, -0.25) is 4.79 Å². The van der Waals surface area contributed by atoms with Crippen LogP contribution in [-0.2, 0) is 19.1 Å². The van der Waals surface area contributed by atoms with Gasteiger partial charge in [0, 0.05) is 12.0 Å². The Bertz CT molecular complexity index is 375. The molecule has 1 saturated heterocycles. The first-order valence-electron chi connectivity index (χ1n) is 5.68. The van der Waals surface area contributed by atoms with Gasteiger partial charge in [-0.2, -0.15) is 0 Å². The molecular weight excluding hydrogens is 208 g/mol. The lowest BCUT2D eigenvalue weighted by molar-refractivity contribution is -0.196. The van der Waals surface area contributed by atoms with Gasteiger partial charge in [0.25, 0.3) is 0 Å². The molecule has 4 atom stereocenters. The average Bonchev–Trinajstić information content (AvgIpc) is 2.73. The van der Waals surface area contributed by atoms with Crippen molar-refractivity contribution in [2.45, 2.75) is 37.4 Å². The number of fused-ring (bicyclic) bond motifs is 1. The van der Waals surface area contributed by atoms with E-state index in [1.54, 1.807) is 0 Å². The highest BCUT2D eigenvalue weighted by Gasteiger charge is 2.62. The summed E-state index contributed by atoms with van der Waals surface area (Å²) >= 11 is 0. The van der Waals surface area contributed by atoms with Crippen molar-refractivity contribution in [2.75, 3.05) is 0 Å². The third-order valence-corrected chi connectivity index (χ3v) is 4.11. The van der Waals surface area contributed by atoms with Crippen LogP contribution < -0.4 is 0 Å². The molecule has 0 aromatic carbocycles. The largest absolute Gasteiger partial charge is 0.462 e. The summed E-state index contributed by atoms with van der Waals surface area (Å²) in [5.74, 6) is 0.0827.